The van der Waals surface area contributed by atoms with Gasteiger partial charge in [0.15, 0.2) is 0 Å². The minimum absolute atomic E-state index is 0.00803. The Kier molecular flexibility index (Phi) is 4.92. The molecule has 0 bridgehead atoms. The Morgan fingerprint density at radius 1 is 1.38 bits per heavy atom. The lowest BCUT2D eigenvalue weighted by atomic mass is 9.89. The summed E-state index contributed by atoms with van der Waals surface area (Å²) in [5.74, 6) is 6.61. The van der Waals surface area contributed by atoms with Crippen LogP contribution in [-0.4, -0.2) is 16.7 Å². The summed E-state index contributed by atoms with van der Waals surface area (Å²) < 4.78 is 9.37. The maximum absolute atomic E-state index is 5.76. The molecule has 1 atom stereocenters. The lowest BCUT2D eigenvalue weighted by Gasteiger charge is -2.21. The third-order valence-corrected chi connectivity index (χ3v) is 4.15. The van der Waals surface area contributed by atoms with E-state index >= 15 is 0 Å². The van der Waals surface area contributed by atoms with Gasteiger partial charge >= 0.3 is 0 Å². The molecule has 1 aromatic carbocycles. The van der Waals surface area contributed by atoms with Gasteiger partial charge in [-0.25, -0.2) is 0 Å². The summed E-state index contributed by atoms with van der Waals surface area (Å²) in [6.45, 7) is 6.39. The van der Waals surface area contributed by atoms with E-state index in [1.54, 1.807) is 7.11 Å². The number of ether oxygens (including phenoxy) is 1. The molecule has 0 saturated carbocycles. The molecule has 114 valence electrons. The molecule has 1 unspecified atom stereocenters. The van der Waals surface area contributed by atoms with Crippen molar-refractivity contribution in [3.63, 3.8) is 0 Å². The summed E-state index contributed by atoms with van der Waals surface area (Å²) in [5, 5.41) is 4.28. The highest BCUT2D eigenvalue weighted by molar-refractivity contribution is 7.05. The molecular weight excluding hydrogens is 284 g/mol. The number of benzene rings is 1. The van der Waals surface area contributed by atoms with Crippen LogP contribution in [0.3, 0.4) is 0 Å². The maximum Gasteiger partial charge on any atom is 0.119 e. The first-order chi connectivity index (χ1) is 9.95. The number of nitrogens with two attached hydrogens (primary N) is 1. The fourth-order valence-corrected chi connectivity index (χ4v) is 3.13. The molecule has 0 saturated heterocycles. The number of nitrogens with one attached hydrogen (secondary N) is 1. The molecule has 1 heterocycles. The van der Waals surface area contributed by atoms with Crippen LogP contribution < -0.4 is 16.0 Å². The van der Waals surface area contributed by atoms with Crippen LogP contribution in [0.4, 0.5) is 0 Å². The van der Waals surface area contributed by atoms with Gasteiger partial charge in [0.1, 0.15) is 5.75 Å². The Labute approximate surface area is 129 Å². The molecule has 5 nitrogen and oxygen atoms in total. The monoisotopic (exact) mass is 306 g/mol. The summed E-state index contributed by atoms with van der Waals surface area (Å²) in [5.41, 5.74) is 5.00. The van der Waals surface area contributed by atoms with Crippen LogP contribution in [0.1, 0.15) is 42.9 Å². The molecule has 2 rings (SSSR count). The minimum Gasteiger partial charge on any atom is -0.497 e. The van der Waals surface area contributed by atoms with E-state index in [0.717, 1.165) is 28.3 Å². The largest absolute Gasteiger partial charge is 0.497 e. The highest BCUT2D eigenvalue weighted by Gasteiger charge is 2.27. The van der Waals surface area contributed by atoms with Crippen molar-refractivity contribution in [3.8, 4) is 5.75 Å². The predicted molar refractivity (Wildman–Crippen MR) is 85.4 cm³/mol. The number of hydrogen-bond acceptors (Lipinski definition) is 6. The maximum atomic E-state index is 5.76. The van der Waals surface area contributed by atoms with Crippen molar-refractivity contribution in [2.75, 3.05) is 7.11 Å². The van der Waals surface area contributed by atoms with Gasteiger partial charge in [-0.2, -0.15) is 0 Å². The highest BCUT2D eigenvalue weighted by atomic mass is 32.1. The van der Waals surface area contributed by atoms with Crippen molar-refractivity contribution in [1.82, 2.24) is 15.0 Å². The molecule has 0 spiro atoms. The lowest BCUT2D eigenvalue weighted by molar-refractivity contribution is 0.413. The number of rotatable bonds is 5. The lowest BCUT2D eigenvalue weighted by Crippen LogP contribution is -2.31. The van der Waals surface area contributed by atoms with Gasteiger partial charge in [-0.1, -0.05) is 37.4 Å². The number of hydrazine groups is 1. The van der Waals surface area contributed by atoms with Crippen LogP contribution in [-0.2, 0) is 11.8 Å². The van der Waals surface area contributed by atoms with E-state index in [4.69, 9.17) is 10.6 Å². The van der Waals surface area contributed by atoms with Crippen molar-refractivity contribution >= 4 is 11.5 Å². The minimum atomic E-state index is -0.0498. The first-order valence-electron chi connectivity index (χ1n) is 6.87. The van der Waals surface area contributed by atoms with E-state index in [1.165, 1.54) is 11.5 Å². The average molecular weight is 306 g/mol. The van der Waals surface area contributed by atoms with E-state index in [0.29, 0.717) is 0 Å². The third-order valence-electron chi connectivity index (χ3n) is 3.32. The second-order valence-corrected chi connectivity index (χ2v) is 6.80. The Hall–Kier alpha value is -1.50. The first-order valence-corrected chi connectivity index (χ1v) is 7.65. The van der Waals surface area contributed by atoms with Gasteiger partial charge in [0.25, 0.3) is 0 Å². The van der Waals surface area contributed by atoms with Crippen molar-refractivity contribution in [2.45, 2.75) is 38.6 Å². The molecule has 0 amide bonds. The van der Waals surface area contributed by atoms with Crippen molar-refractivity contribution in [2.24, 2.45) is 5.84 Å². The summed E-state index contributed by atoms with van der Waals surface area (Å²) in [7, 11) is 1.67. The van der Waals surface area contributed by atoms with E-state index in [9.17, 15) is 0 Å². The number of aromatic nitrogens is 2. The third kappa shape index (κ3) is 3.78. The number of methoxy groups -OCH3 is 1. The van der Waals surface area contributed by atoms with Crippen LogP contribution in [0, 0.1) is 0 Å². The van der Waals surface area contributed by atoms with E-state index in [-0.39, 0.29) is 11.5 Å². The standard InChI is InChI=1S/C15H22N4OS/c1-15(2,3)14-13(21-19-18-14)12(17-16)9-10-6-5-7-11(8-10)20-4/h5-8,12,17H,9,16H2,1-4H3. The van der Waals surface area contributed by atoms with Gasteiger partial charge in [0.2, 0.25) is 0 Å². The van der Waals surface area contributed by atoms with Crippen molar-refractivity contribution in [3.05, 3.63) is 40.4 Å². The zero-order chi connectivity index (χ0) is 15.5. The zero-order valence-electron chi connectivity index (χ0n) is 12.9. The fraction of sp³-hybridized carbons (Fsp3) is 0.467. The van der Waals surface area contributed by atoms with Crippen LogP contribution >= 0.6 is 11.5 Å². The molecule has 21 heavy (non-hydrogen) atoms. The molecule has 0 aliphatic heterocycles. The predicted octanol–water partition coefficient (Wildman–Crippen LogP) is 2.59. The Balaban J connectivity index is 2.26. The van der Waals surface area contributed by atoms with E-state index in [1.807, 2.05) is 18.2 Å². The summed E-state index contributed by atoms with van der Waals surface area (Å²) in [4.78, 5) is 1.09. The molecular formula is C15H22N4OS. The van der Waals surface area contributed by atoms with E-state index in [2.05, 4.69) is 41.9 Å². The normalized spacial score (nSPS) is 13.2. The molecule has 0 aliphatic carbocycles. The van der Waals surface area contributed by atoms with Gasteiger partial charge in [0, 0.05) is 5.41 Å². The molecule has 0 radical (unpaired) electrons. The molecule has 3 N–H and O–H groups in total. The fourth-order valence-electron chi connectivity index (χ4n) is 2.21. The van der Waals surface area contributed by atoms with Gasteiger partial charge in [-0.05, 0) is 35.6 Å². The molecule has 0 aliphatic rings. The quantitative estimate of drug-likeness (QED) is 0.656. The van der Waals surface area contributed by atoms with Crippen LogP contribution in [0.5, 0.6) is 5.75 Å². The summed E-state index contributed by atoms with van der Waals surface area (Å²) in [6.07, 6.45) is 0.765. The summed E-state index contributed by atoms with van der Waals surface area (Å²) >= 11 is 1.40. The zero-order valence-corrected chi connectivity index (χ0v) is 13.7. The van der Waals surface area contributed by atoms with Crippen molar-refractivity contribution < 1.29 is 4.74 Å². The second kappa shape index (κ2) is 6.51. The van der Waals surface area contributed by atoms with Crippen LogP contribution in [0.15, 0.2) is 24.3 Å². The molecule has 0 fully saturated rings. The summed E-state index contributed by atoms with van der Waals surface area (Å²) in [6, 6.07) is 8.00. The number of nitrogens with zero attached hydrogens (tertiary/aromatic N) is 2. The Morgan fingerprint density at radius 2 is 2.14 bits per heavy atom. The highest BCUT2D eigenvalue weighted by Crippen LogP contribution is 2.32. The SMILES string of the molecule is COc1cccc(CC(NN)c2snnc2C(C)(C)C)c1. The Morgan fingerprint density at radius 3 is 2.76 bits per heavy atom. The van der Waals surface area contributed by atoms with Gasteiger partial charge in [0.05, 0.1) is 23.7 Å². The molecule has 2 aromatic rings. The van der Waals surface area contributed by atoms with Gasteiger partial charge in [-0.3, -0.25) is 11.3 Å². The van der Waals surface area contributed by atoms with Crippen LogP contribution in [0.25, 0.3) is 0 Å². The molecule has 1 aromatic heterocycles. The topological polar surface area (TPSA) is 73.1 Å². The number of hydrogen-bond donors (Lipinski definition) is 2. The van der Waals surface area contributed by atoms with Gasteiger partial charge < -0.3 is 4.74 Å². The van der Waals surface area contributed by atoms with Crippen LogP contribution in [0.2, 0.25) is 0 Å². The smallest absolute Gasteiger partial charge is 0.119 e. The first kappa shape index (κ1) is 15.9. The molecule has 6 heteroatoms. The second-order valence-electron chi connectivity index (χ2n) is 6.01. The van der Waals surface area contributed by atoms with Crippen molar-refractivity contribution in [1.29, 1.82) is 0 Å². The van der Waals surface area contributed by atoms with E-state index < -0.39 is 0 Å². The Bertz CT molecular complexity index is 591. The average Bonchev–Trinajstić information content (AvgIpc) is 2.94. The van der Waals surface area contributed by atoms with Gasteiger partial charge in [-0.15, -0.1) is 5.10 Å².